The van der Waals surface area contributed by atoms with Gasteiger partial charge in [0.1, 0.15) is 11.5 Å². The zero-order valence-electron chi connectivity index (χ0n) is 9.96. The summed E-state index contributed by atoms with van der Waals surface area (Å²) >= 11 is 5.53. The number of hydrogen-bond acceptors (Lipinski definition) is 3. The van der Waals surface area contributed by atoms with Gasteiger partial charge in [0.2, 0.25) is 0 Å². The molecule has 1 aromatic carbocycles. The second-order valence-electron chi connectivity index (χ2n) is 3.05. The molecule has 0 fully saturated rings. The maximum atomic E-state index is 5.53. The molecule has 0 aliphatic carbocycles. The van der Waals surface area contributed by atoms with Gasteiger partial charge in [-0.2, -0.15) is 0 Å². The number of rotatable bonds is 5. The Hall–Kier alpha value is -1.37. The molecule has 17 heavy (non-hydrogen) atoms. The quantitative estimate of drug-likeness (QED) is 0.350. The van der Waals surface area contributed by atoms with Crippen LogP contribution in [0, 0.1) is 11.8 Å². The Balaban J connectivity index is 2.86. The molecule has 0 unspecified atom stereocenters. The van der Waals surface area contributed by atoms with Gasteiger partial charge in [-0.1, -0.05) is 11.8 Å². The van der Waals surface area contributed by atoms with Crippen LogP contribution in [0.15, 0.2) is 18.2 Å². The largest absolute Gasteiger partial charge is 0.497 e. The number of ether oxygens (including phenoxy) is 3. The Bertz CT molecular complexity index is 407. The van der Waals surface area contributed by atoms with E-state index in [-0.39, 0.29) is 12.7 Å². The van der Waals surface area contributed by atoms with Crippen molar-refractivity contribution in [2.24, 2.45) is 0 Å². The number of alkyl halides is 1. The summed E-state index contributed by atoms with van der Waals surface area (Å²) in [7, 11) is 1.61. The summed E-state index contributed by atoms with van der Waals surface area (Å²) in [4.78, 5) is 0. The van der Waals surface area contributed by atoms with Gasteiger partial charge in [-0.3, -0.25) is 0 Å². The minimum Gasteiger partial charge on any atom is -0.497 e. The molecule has 0 saturated carbocycles. The molecule has 0 atom stereocenters. The topological polar surface area (TPSA) is 27.7 Å². The molecule has 0 bridgehead atoms. The molecule has 0 N–H and O–H groups in total. The highest BCUT2D eigenvalue weighted by Gasteiger charge is 2.03. The van der Waals surface area contributed by atoms with Crippen LogP contribution in [0.1, 0.15) is 12.5 Å². The van der Waals surface area contributed by atoms with E-state index in [1.165, 1.54) is 0 Å². The van der Waals surface area contributed by atoms with Crippen LogP contribution in [0.5, 0.6) is 11.5 Å². The van der Waals surface area contributed by atoms with Gasteiger partial charge in [-0.25, -0.2) is 0 Å². The molecule has 3 nitrogen and oxygen atoms in total. The summed E-state index contributed by atoms with van der Waals surface area (Å²) in [6.07, 6.45) is 0. The Kier molecular flexibility index (Phi) is 6.31. The van der Waals surface area contributed by atoms with E-state index in [1.807, 2.05) is 13.0 Å². The van der Waals surface area contributed by atoms with Crippen molar-refractivity contribution in [2.45, 2.75) is 6.92 Å². The molecule has 0 aromatic heterocycles. The smallest absolute Gasteiger partial charge is 0.189 e. The monoisotopic (exact) mass is 254 g/mol. The van der Waals surface area contributed by atoms with Crippen LogP contribution >= 0.6 is 11.6 Å². The Labute approximate surface area is 107 Å². The van der Waals surface area contributed by atoms with Crippen molar-refractivity contribution in [3.63, 3.8) is 0 Å². The fourth-order valence-corrected chi connectivity index (χ4v) is 1.24. The van der Waals surface area contributed by atoms with Crippen molar-refractivity contribution in [3.8, 4) is 23.3 Å². The van der Waals surface area contributed by atoms with E-state index in [2.05, 4.69) is 11.8 Å². The second-order valence-corrected chi connectivity index (χ2v) is 3.32. The average molecular weight is 255 g/mol. The normalized spacial score (nSPS) is 9.35. The zero-order chi connectivity index (χ0) is 12.5. The molecule has 1 aromatic rings. The van der Waals surface area contributed by atoms with E-state index in [1.54, 1.807) is 19.2 Å². The summed E-state index contributed by atoms with van der Waals surface area (Å²) < 4.78 is 15.7. The molecular weight excluding hydrogens is 240 g/mol. The lowest BCUT2D eigenvalue weighted by Gasteiger charge is -2.09. The molecule has 1 rings (SSSR count). The highest BCUT2D eigenvalue weighted by molar-refractivity contribution is 6.19. The molecule has 0 saturated heterocycles. The van der Waals surface area contributed by atoms with Crippen LogP contribution in [0.4, 0.5) is 0 Å². The summed E-state index contributed by atoms with van der Waals surface area (Å²) in [5.74, 6) is 7.38. The summed E-state index contributed by atoms with van der Waals surface area (Å²) in [6, 6.07) is 5.42. The molecule has 0 radical (unpaired) electrons. The van der Waals surface area contributed by atoms with Crippen molar-refractivity contribution in [1.29, 1.82) is 0 Å². The minimum absolute atomic E-state index is 0.207. The highest BCUT2D eigenvalue weighted by Crippen LogP contribution is 2.23. The zero-order valence-corrected chi connectivity index (χ0v) is 10.7. The molecular formula is C13H15ClO3. The number of benzene rings is 1. The molecule has 0 amide bonds. The molecule has 0 heterocycles. The molecule has 0 aliphatic rings. The van der Waals surface area contributed by atoms with Gasteiger partial charge in [-0.05, 0) is 25.1 Å². The van der Waals surface area contributed by atoms with Gasteiger partial charge >= 0.3 is 0 Å². The van der Waals surface area contributed by atoms with Crippen molar-refractivity contribution in [1.82, 2.24) is 0 Å². The predicted octanol–water partition coefficient (Wildman–Crippen LogP) is 2.66. The van der Waals surface area contributed by atoms with Crippen molar-refractivity contribution in [2.75, 3.05) is 26.4 Å². The van der Waals surface area contributed by atoms with E-state index >= 15 is 0 Å². The van der Waals surface area contributed by atoms with Gasteiger partial charge in [0.15, 0.2) is 6.79 Å². The van der Waals surface area contributed by atoms with E-state index in [4.69, 9.17) is 25.8 Å². The molecule has 0 spiro atoms. The summed E-state index contributed by atoms with van der Waals surface area (Å²) in [6.45, 7) is 2.73. The maximum Gasteiger partial charge on any atom is 0.189 e. The predicted molar refractivity (Wildman–Crippen MR) is 67.7 cm³/mol. The van der Waals surface area contributed by atoms with E-state index < -0.39 is 0 Å². The fraction of sp³-hybridized carbons (Fsp3) is 0.385. The van der Waals surface area contributed by atoms with Crippen molar-refractivity contribution < 1.29 is 14.2 Å². The first-order valence-corrected chi connectivity index (χ1v) is 5.78. The Morgan fingerprint density at radius 2 is 2.18 bits per heavy atom. The van der Waals surface area contributed by atoms with Crippen LogP contribution in [0.3, 0.4) is 0 Å². The first-order valence-electron chi connectivity index (χ1n) is 5.25. The summed E-state index contributed by atoms with van der Waals surface area (Å²) in [5, 5.41) is 0. The van der Waals surface area contributed by atoms with E-state index in [0.717, 1.165) is 11.3 Å². The van der Waals surface area contributed by atoms with Gasteiger partial charge in [0.05, 0.1) is 18.6 Å². The maximum absolute atomic E-state index is 5.53. The Morgan fingerprint density at radius 3 is 2.82 bits per heavy atom. The third-order valence-electron chi connectivity index (χ3n) is 1.98. The average Bonchev–Trinajstić information content (AvgIpc) is 2.37. The van der Waals surface area contributed by atoms with Gasteiger partial charge in [0, 0.05) is 6.61 Å². The molecule has 4 heteroatoms. The lowest BCUT2D eigenvalue weighted by atomic mass is 10.2. The fourth-order valence-electron chi connectivity index (χ4n) is 1.18. The first kappa shape index (κ1) is 13.7. The lowest BCUT2D eigenvalue weighted by molar-refractivity contribution is 0.0222. The van der Waals surface area contributed by atoms with E-state index in [9.17, 15) is 0 Å². The van der Waals surface area contributed by atoms with Gasteiger partial charge < -0.3 is 14.2 Å². The van der Waals surface area contributed by atoms with Crippen LogP contribution in [0.2, 0.25) is 0 Å². The number of halogens is 1. The summed E-state index contributed by atoms with van der Waals surface area (Å²) in [5.41, 5.74) is 0.740. The highest BCUT2D eigenvalue weighted by atomic mass is 35.5. The molecule has 92 valence electrons. The van der Waals surface area contributed by atoms with Crippen LogP contribution < -0.4 is 9.47 Å². The van der Waals surface area contributed by atoms with Crippen LogP contribution in [-0.2, 0) is 4.74 Å². The molecule has 0 aliphatic heterocycles. The van der Waals surface area contributed by atoms with Crippen LogP contribution in [-0.4, -0.2) is 26.4 Å². The van der Waals surface area contributed by atoms with Crippen molar-refractivity contribution in [3.05, 3.63) is 23.8 Å². The van der Waals surface area contributed by atoms with Gasteiger partial charge in [-0.15, -0.1) is 11.6 Å². The third kappa shape index (κ3) is 4.56. The number of hydrogen-bond donors (Lipinski definition) is 0. The second kappa shape index (κ2) is 7.83. The van der Waals surface area contributed by atoms with Gasteiger partial charge in [0.25, 0.3) is 0 Å². The first-order chi connectivity index (χ1) is 8.31. The third-order valence-corrected chi connectivity index (χ3v) is 2.11. The SMILES string of the molecule is CCOCOc1ccc(OC)cc1C#CCCl. The van der Waals surface area contributed by atoms with Crippen LogP contribution in [0.25, 0.3) is 0 Å². The lowest BCUT2D eigenvalue weighted by Crippen LogP contribution is -2.03. The van der Waals surface area contributed by atoms with Crippen molar-refractivity contribution >= 4 is 11.6 Å². The minimum atomic E-state index is 0.207. The van der Waals surface area contributed by atoms with E-state index in [0.29, 0.717) is 12.4 Å². The number of methoxy groups -OCH3 is 1. The Morgan fingerprint density at radius 1 is 1.35 bits per heavy atom. The standard InChI is InChI=1S/C13H15ClO3/c1-3-16-10-17-13-7-6-12(15-2)9-11(13)5-4-8-14/h6-7,9H,3,8,10H2,1-2H3.